The summed E-state index contributed by atoms with van der Waals surface area (Å²) in [4.78, 5) is 30.1. The van der Waals surface area contributed by atoms with Crippen LogP contribution < -0.4 is 10.6 Å². The minimum Gasteiger partial charge on any atom is -0.459 e. The molecule has 0 saturated heterocycles. The first-order chi connectivity index (χ1) is 14.8. The van der Waals surface area contributed by atoms with Gasteiger partial charge in [-0.1, -0.05) is 19.9 Å². The molecule has 1 aromatic carbocycles. The van der Waals surface area contributed by atoms with Gasteiger partial charge in [-0.2, -0.15) is 5.10 Å². The zero-order chi connectivity index (χ0) is 22.1. The number of benzene rings is 1. The number of nitrogens with zero attached hydrogens (tertiary/aromatic N) is 3. The number of nitrogens with one attached hydrogen (secondary N) is 2. The molecule has 3 aromatic heterocycles. The van der Waals surface area contributed by atoms with Gasteiger partial charge in [0.2, 0.25) is 0 Å². The van der Waals surface area contributed by atoms with E-state index in [0.717, 1.165) is 16.8 Å². The molecule has 0 aliphatic carbocycles. The quantitative estimate of drug-likeness (QED) is 0.498. The van der Waals surface area contributed by atoms with Crippen LogP contribution in [0.15, 0.2) is 53.1 Å². The van der Waals surface area contributed by atoms with Gasteiger partial charge in [-0.25, -0.2) is 4.98 Å². The van der Waals surface area contributed by atoms with Crippen molar-refractivity contribution in [2.24, 2.45) is 7.05 Å². The van der Waals surface area contributed by atoms with E-state index in [4.69, 9.17) is 4.42 Å². The van der Waals surface area contributed by atoms with Crippen LogP contribution in [-0.2, 0) is 7.05 Å². The Balaban J connectivity index is 1.63. The third-order valence-electron chi connectivity index (χ3n) is 4.95. The van der Waals surface area contributed by atoms with E-state index in [-0.39, 0.29) is 23.5 Å². The summed E-state index contributed by atoms with van der Waals surface area (Å²) < 4.78 is 6.80. The van der Waals surface area contributed by atoms with Crippen molar-refractivity contribution >= 4 is 34.2 Å². The van der Waals surface area contributed by atoms with Crippen LogP contribution in [0.5, 0.6) is 0 Å². The molecule has 0 bridgehead atoms. The van der Waals surface area contributed by atoms with E-state index in [2.05, 4.69) is 20.7 Å². The normalized spacial score (nSPS) is 11.1. The molecule has 3 heterocycles. The van der Waals surface area contributed by atoms with E-state index in [9.17, 15) is 9.59 Å². The maximum Gasteiger partial charge on any atom is 0.291 e. The Bertz CT molecular complexity index is 1270. The number of carbonyl (C=O) groups excluding carboxylic acids is 2. The summed E-state index contributed by atoms with van der Waals surface area (Å²) in [6.45, 7) is 5.93. The van der Waals surface area contributed by atoms with Crippen LogP contribution in [0.1, 0.15) is 52.1 Å². The Morgan fingerprint density at radius 1 is 1.03 bits per heavy atom. The number of pyridine rings is 1. The second-order valence-electron chi connectivity index (χ2n) is 7.62. The van der Waals surface area contributed by atoms with Gasteiger partial charge in [-0.3, -0.25) is 14.3 Å². The highest BCUT2D eigenvalue weighted by Gasteiger charge is 2.20. The third kappa shape index (κ3) is 4.05. The molecule has 8 nitrogen and oxygen atoms in total. The van der Waals surface area contributed by atoms with Gasteiger partial charge in [0.1, 0.15) is 0 Å². The Labute approximate surface area is 179 Å². The molecule has 0 fully saturated rings. The summed E-state index contributed by atoms with van der Waals surface area (Å²) >= 11 is 0. The van der Waals surface area contributed by atoms with Crippen molar-refractivity contribution < 1.29 is 14.0 Å². The van der Waals surface area contributed by atoms with Crippen LogP contribution in [0.2, 0.25) is 0 Å². The number of rotatable bonds is 5. The minimum atomic E-state index is -0.364. The number of aryl methyl sites for hydroxylation is 2. The third-order valence-corrected chi connectivity index (χ3v) is 4.95. The Kier molecular flexibility index (Phi) is 5.29. The molecule has 0 spiro atoms. The van der Waals surface area contributed by atoms with E-state index in [1.807, 2.05) is 33.9 Å². The summed E-state index contributed by atoms with van der Waals surface area (Å²) in [5.74, 6) is -0.259. The lowest BCUT2D eigenvalue weighted by atomic mass is 10.0. The van der Waals surface area contributed by atoms with E-state index in [1.54, 1.807) is 41.1 Å². The predicted molar refractivity (Wildman–Crippen MR) is 118 cm³/mol. The SMILES string of the molecule is Cc1nn(C)c2nc(C(C)C)cc(C(=O)Nc3cccc(NC(=O)c4ccco4)c3)c12. The van der Waals surface area contributed by atoms with Gasteiger partial charge in [-0.15, -0.1) is 0 Å². The Hall–Kier alpha value is -3.94. The molecule has 4 rings (SSSR count). The fourth-order valence-electron chi connectivity index (χ4n) is 3.41. The smallest absolute Gasteiger partial charge is 0.291 e. The van der Waals surface area contributed by atoms with Gasteiger partial charge in [0.15, 0.2) is 11.4 Å². The Morgan fingerprint density at radius 2 is 1.74 bits per heavy atom. The zero-order valence-corrected chi connectivity index (χ0v) is 17.8. The van der Waals surface area contributed by atoms with Crippen molar-refractivity contribution in [2.45, 2.75) is 26.7 Å². The number of carbonyl (C=O) groups is 2. The van der Waals surface area contributed by atoms with Crippen molar-refractivity contribution in [3.05, 3.63) is 71.4 Å². The second-order valence-corrected chi connectivity index (χ2v) is 7.62. The summed E-state index contributed by atoms with van der Waals surface area (Å²) in [7, 11) is 1.82. The molecule has 0 aliphatic heterocycles. The van der Waals surface area contributed by atoms with Crippen LogP contribution in [0.4, 0.5) is 11.4 Å². The number of amides is 2. The van der Waals surface area contributed by atoms with Crippen LogP contribution in [0.25, 0.3) is 11.0 Å². The maximum atomic E-state index is 13.2. The predicted octanol–water partition coefficient (Wildman–Crippen LogP) is 4.50. The highest BCUT2D eigenvalue weighted by Crippen LogP contribution is 2.26. The molecule has 2 amide bonds. The lowest BCUT2D eigenvalue weighted by molar-refractivity contribution is 0.0995. The summed E-state index contributed by atoms with van der Waals surface area (Å²) in [5.41, 5.74) is 3.85. The van der Waals surface area contributed by atoms with E-state index in [0.29, 0.717) is 22.6 Å². The average Bonchev–Trinajstić information content (AvgIpc) is 3.36. The number of fused-ring (bicyclic) bond motifs is 1. The molecule has 4 aromatic rings. The minimum absolute atomic E-state index is 0.159. The topological polar surface area (TPSA) is 102 Å². The van der Waals surface area contributed by atoms with E-state index < -0.39 is 0 Å². The number of aromatic nitrogens is 3. The van der Waals surface area contributed by atoms with E-state index in [1.165, 1.54) is 6.26 Å². The first-order valence-corrected chi connectivity index (χ1v) is 9.94. The summed E-state index contributed by atoms with van der Waals surface area (Å²) in [5, 5.41) is 10.8. The maximum absolute atomic E-state index is 13.2. The highest BCUT2D eigenvalue weighted by molar-refractivity contribution is 6.13. The van der Waals surface area contributed by atoms with Crippen molar-refractivity contribution in [1.82, 2.24) is 14.8 Å². The van der Waals surface area contributed by atoms with Gasteiger partial charge in [0.05, 0.1) is 22.9 Å². The van der Waals surface area contributed by atoms with Crippen LogP contribution in [0, 0.1) is 6.92 Å². The molecule has 31 heavy (non-hydrogen) atoms. The van der Waals surface area contributed by atoms with Crippen molar-refractivity contribution in [1.29, 1.82) is 0 Å². The van der Waals surface area contributed by atoms with Gasteiger partial charge in [0, 0.05) is 24.1 Å². The lowest BCUT2D eigenvalue weighted by Crippen LogP contribution is -2.15. The zero-order valence-electron chi connectivity index (χ0n) is 17.8. The molecule has 0 aliphatic rings. The van der Waals surface area contributed by atoms with Crippen LogP contribution in [0.3, 0.4) is 0 Å². The van der Waals surface area contributed by atoms with Crippen molar-refractivity contribution in [3.63, 3.8) is 0 Å². The summed E-state index contributed by atoms with van der Waals surface area (Å²) in [6.07, 6.45) is 1.44. The number of anilines is 2. The molecule has 158 valence electrons. The molecule has 0 atom stereocenters. The number of furan rings is 1. The second kappa shape index (κ2) is 8.06. The van der Waals surface area contributed by atoms with Gasteiger partial charge in [-0.05, 0) is 49.2 Å². The van der Waals surface area contributed by atoms with Crippen LogP contribution >= 0.6 is 0 Å². The van der Waals surface area contributed by atoms with Crippen LogP contribution in [-0.4, -0.2) is 26.6 Å². The number of hydrogen-bond acceptors (Lipinski definition) is 5. The molecule has 0 saturated carbocycles. The largest absolute Gasteiger partial charge is 0.459 e. The molecular weight excluding hydrogens is 394 g/mol. The first-order valence-electron chi connectivity index (χ1n) is 9.94. The van der Waals surface area contributed by atoms with Gasteiger partial charge < -0.3 is 15.1 Å². The molecule has 2 N–H and O–H groups in total. The average molecular weight is 417 g/mol. The molecule has 8 heteroatoms. The van der Waals surface area contributed by atoms with Gasteiger partial charge in [0.25, 0.3) is 11.8 Å². The monoisotopic (exact) mass is 417 g/mol. The highest BCUT2D eigenvalue weighted by atomic mass is 16.3. The molecule has 0 unspecified atom stereocenters. The molecular formula is C23H23N5O3. The van der Waals surface area contributed by atoms with Crippen molar-refractivity contribution in [2.75, 3.05) is 10.6 Å². The standard InChI is InChI=1S/C23H23N5O3/c1-13(2)18-12-17(20-14(3)27-28(4)21(20)26-18)22(29)24-15-7-5-8-16(11-15)25-23(30)19-9-6-10-31-19/h5-13H,1-4H3,(H,24,29)(H,25,30). The van der Waals surface area contributed by atoms with Crippen molar-refractivity contribution in [3.8, 4) is 0 Å². The first kappa shape index (κ1) is 20.3. The summed E-state index contributed by atoms with van der Waals surface area (Å²) in [6, 6.07) is 12.0. The van der Waals surface area contributed by atoms with E-state index >= 15 is 0 Å². The fourth-order valence-corrected chi connectivity index (χ4v) is 3.41. The van der Waals surface area contributed by atoms with Gasteiger partial charge >= 0.3 is 0 Å². The Morgan fingerprint density at radius 3 is 2.39 bits per heavy atom. The molecule has 0 radical (unpaired) electrons. The lowest BCUT2D eigenvalue weighted by Gasteiger charge is -2.12. The number of hydrogen-bond donors (Lipinski definition) is 2. The fraction of sp³-hybridized carbons (Fsp3) is 0.217.